The molecule has 0 aliphatic rings. The second kappa shape index (κ2) is 7.49. The van der Waals surface area contributed by atoms with Gasteiger partial charge in [-0.25, -0.2) is 0 Å². The smallest absolute Gasteiger partial charge is 0.0697 e. The lowest BCUT2D eigenvalue weighted by Crippen LogP contribution is -2.47. The number of nitrogens with zero attached hydrogens (tertiary/aromatic N) is 1. The number of hydrogen-bond donors (Lipinski definition) is 3. The first-order chi connectivity index (χ1) is 5.72. The summed E-state index contributed by atoms with van der Waals surface area (Å²) in [6, 6.07) is 0. The summed E-state index contributed by atoms with van der Waals surface area (Å²) >= 11 is 0. The van der Waals surface area contributed by atoms with E-state index in [4.69, 9.17) is 11.5 Å². The molecule has 4 heteroatoms. The van der Waals surface area contributed by atoms with Crippen LogP contribution in [-0.4, -0.2) is 44.3 Å². The van der Waals surface area contributed by atoms with E-state index >= 15 is 0 Å². The van der Waals surface area contributed by atoms with Crippen LogP contribution in [0.2, 0.25) is 0 Å². The van der Waals surface area contributed by atoms with Crippen molar-refractivity contribution in [2.75, 3.05) is 33.2 Å². The van der Waals surface area contributed by atoms with Gasteiger partial charge >= 0.3 is 0 Å². The van der Waals surface area contributed by atoms with Crippen molar-refractivity contribution >= 4 is 0 Å². The van der Waals surface area contributed by atoms with Crippen LogP contribution in [0.5, 0.6) is 0 Å². The first-order valence-electron chi connectivity index (χ1n) is 4.59. The Hall–Kier alpha value is -0.160. The molecule has 5 N–H and O–H groups in total. The largest absolute Gasteiger partial charge is 0.330 e. The average Bonchev–Trinajstić information content (AvgIpc) is 2.10. The summed E-state index contributed by atoms with van der Waals surface area (Å²) in [5.74, 6) is 0. The van der Waals surface area contributed by atoms with Crippen LogP contribution in [-0.2, 0) is 0 Å². The summed E-state index contributed by atoms with van der Waals surface area (Å²) in [5.41, 5.74) is 11.3. The summed E-state index contributed by atoms with van der Waals surface area (Å²) in [7, 11) is 2.03. The molecule has 1 atom stereocenters. The van der Waals surface area contributed by atoms with Crippen LogP contribution < -0.4 is 16.8 Å². The van der Waals surface area contributed by atoms with Crippen LogP contribution in [0, 0.1) is 0 Å². The molecule has 0 aromatic carbocycles. The molecule has 12 heavy (non-hydrogen) atoms. The molecule has 0 aliphatic heterocycles. The Balaban J connectivity index is 3.39. The summed E-state index contributed by atoms with van der Waals surface area (Å²) < 4.78 is 0. The van der Waals surface area contributed by atoms with Gasteiger partial charge in [-0.3, -0.25) is 4.90 Å². The normalized spacial score (nSPS) is 13.8. The lowest BCUT2D eigenvalue weighted by molar-refractivity contribution is 0.240. The first kappa shape index (κ1) is 11.8. The molecule has 0 saturated carbocycles. The molecule has 0 aliphatic carbocycles. The zero-order valence-corrected chi connectivity index (χ0v) is 8.21. The Morgan fingerprint density at radius 3 is 2.67 bits per heavy atom. The fraction of sp³-hybridized carbons (Fsp3) is 1.00. The summed E-state index contributed by atoms with van der Waals surface area (Å²) in [6.07, 6.45) is 1.12. The van der Waals surface area contributed by atoms with E-state index in [9.17, 15) is 0 Å². The standard InChI is InChI=1S/C8H22N4/c1-3-11-7-8(10)12(2)6-4-5-9/h8,11H,3-7,9-10H2,1-2H3. The number of rotatable bonds is 7. The Bertz CT molecular complexity index is 85.1. The monoisotopic (exact) mass is 174 g/mol. The highest BCUT2D eigenvalue weighted by Crippen LogP contribution is 1.89. The van der Waals surface area contributed by atoms with Crippen molar-refractivity contribution in [1.29, 1.82) is 0 Å². The van der Waals surface area contributed by atoms with Crippen LogP contribution in [0.1, 0.15) is 13.3 Å². The Morgan fingerprint density at radius 1 is 1.50 bits per heavy atom. The van der Waals surface area contributed by atoms with E-state index in [0.717, 1.165) is 32.6 Å². The zero-order chi connectivity index (χ0) is 9.40. The van der Waals surface area contributed by atoms with Crippen LogP contribution in [0.25, 0.3) is 0 Å². The first-order valence-corrected chi connectivity index (χ1v) is 4.59. The van der Waals surface area contributed by atoms with Gasteiger partial charge in [0, 0.05) is 13.1 Å². The fourth-order valence-electron chi connectivity index (χ4n) is 0.955. The van der Waals surface area contributed by atoms with Gasteiger partial charge in [0.05, 0.1) is 6.17 Å². The van der Waals surface area contributed by atoms with Crippen molar-refractivity contribution in [1.82, 2.24) is 10.2 Å². The molecular weight excluding hydrogens is 152 g/mol. The summed E-state index contributed by atoms with van der Waals surface area (Å²) in [6.45, 7) is 5.60. The lowest BCUT2D eigenvalue weighted by Gasteiger charge is -2.24. The van der Waals surface area contributed by atoms with E-state index in [0.29, 0.717) is 0 Å². The molecule has 4 nitrogen and oxygen atoms in total. The highest BCUT2D eigenvalue weighted by atomic mass is 15.2. The third kappa shape index (κ3) is 5.49. The molecule has 0 rings (SSSR count). The van der Waals surface area contributed by atoms with Gasteiger partial charge in [-0.15, -0.1) is 0 Å². The quantitative estimate of drug-likeness (QED) is 0.440. The van der Waals surface area contributed by atoms with E-state index in [1.54, 1.807) is 0 Å². The lowest BCUT2D eigenvalue weighted by atomic mass is 10.3. The van der Waals surface area contributed by atoms with Crippen molar-refractivity contribution in [2.24, 2.45) is 11.5 Å². The number of nitrogens with two attached hydrogens (primary N) is 2. The molecule has 0 aromatic rings. The molecule has 0 aromatic heterocycles. The Labute approximate surface area is 75.3 Å². The SMILES string of the molecule is CCNCC(N)N(C)CCCN. The van der Waals surface area contributed by atoms with Crippen molar-refractivity contribution in [2.45, 2.75) is 19.5 Å². The highest BCUT2D eigenvalue weighted by Gasteiger charge is 2.06. The van der Waals surface area contributed by atoms with Gasteiger partial charge < -0.3 is 16.8 Å². The van der Waals surface area contributed by atoms with Gasteiger partial charge in [-0.2, -0.15) is 0 Å². The molecule has 74 valence electrons. The Morgan fingerprint density at radius 2 is 2.17 bits per heavy atom. The van der Waals surface area contributed by atoms with E-state index in [1.807, 2.05) is 7.05 Å². The molecule has 0 amide bonds. The fourth-order valence-corrected chi connectivity index (χ4v) is 0.955. The minimum Gasteiger partial charge on any atom is -0.330 e. The molecule has 1 unspecified atom stereocenters. The number of nitrogens with one attached hydrogen (secondary N) is 1. The molecule has 0 fully saturated rings. The molecular formula is C8H22N4. The van der Waals surface area contributed by atoms with Crippen molar-refractivity contribution in [3.8, 4) is 0 Å². The van der Waals surface area contributed by atoms with Gasteiger partial charge in [-0.1, -0.05) is 6.92 Å². The van der Waals surface area contributed by atoms with Crippen molar-refractivity contribution in [3.05, 3.63) is 0 Å². The molecule has 0 saturated heterocycles. The maximum Gasteiger partial charge on any atom is 0.0697 e. The maximum atomic E-state index is 5.87. The van der Waals surface area contributed by atoms with E-state index in [-0.39, 0.29) is 6.17 Å². The van der Waals surface area contributed by atoms with Gasteiger partial charge in [0.1, 0.15) is 0 Å². The topological polar surface area (TPSA) is 67.3 Å². The predicted molar refractivity (Wildman–Crippen MR) is 52.8 cm³/mol. The average molecular weight is 174 g/mol. The van der Waals surface area contributed by atoms with Crippen LogP contribution in [0.15, 0.2) is 0 Å². The third-order valence-electron chi connectivity index (χ3n) is 1.88. The van der Waals surface area contributed by atoms with Crippen molar-refractivity contribution < 1.29 is 0 Å². The van der Waals surface area contributed by atoms with Crippen LogP contribution in [0.3, 0.4) is 0 Å². The molecule has 0 radical (unpaired) electrons. The molecule has 0 heterocycles. The predicted octanol–water partition coefficient (Wildman–Crippen LogP) is -0.839. The van der Waals surface area contributed by atoms with Crippen molar-refractivity contribution in [3.63, 3.8) is 0 Å². The Kier molecular flexibility index (Phi) is 7.39. The minimum atomic E-state index is 0.108. The van der Waals surface area contributed by atoms with E-state index in [1.165, 1.54) is 0 Å². The van der Waals surface area contributed by atoms with Gasteiger partial charge in [-0.05, 0) is 26.6 Å². The van der Waals surface area contributed by atoms with Gasteiger partial charge in [0.25, 0.3) is 0 Å². The summed E-state index contributed by atoms with van der Waals surface area (Å²) in [4.78, 5) is 2.12. The second-order valence-electron chi connectivity index (χ2n) is 3.00. The van der Waals surface area contributed by atoms with E-state index < -0.39 is 0 Å². The summed E-state index contributed by atoms with van der Waals surface area (Å²) in [5, 5.41) is 3.21. The van der Waals surface area contributed by atoms with Gasteiger partial charge in [0.2, 0.25) is 0 Å². The number of likely N-dealkylation sites (N-methyl/N-ethyl adjacent to an activating group) is 2. The van der Waals surface area contributed by atoms with E-state index in [2.05, 4.69) is 17.1 Å². The highest BCUT2D eigenvalue weighted by molar-refractivity contribution is 4.64. The number of hydrogen-bond acceptors (Lipinski definition) is 4. The minimum absolute atomic E-state index is 0.108. The van der Waals surface area contributed by atoms with Gasteiger partial charge in [0.15, 0.2) is 0 Å². The van der Waals surface area contributed by atoms with Crippen LogP contribution in [0.4, 0.5) is 0 Å². The third-order valence-corrected chi connectivity index (χ3v) is 1.88. The molecule has 0 bridgehead atoms. The zero-order valence-electron chi connectivity index (χ0n) is 8.21. The van der Waals surface area contributed by atoms with Crippen LogP contribution >= 0.6 is 0 Å². The maximum absolute atomic E-state index is 5.87. The molecule has 0 spiro atoms. The second-order valence-corrected chi connectivity index (χ2v) is 3.00.